The summed E-state index contributed by atoms with van der Waals surface area (Å²) in [6, 6.07) is 8.91. The number of aryl methyl sites for hydroxylation is 1. The van der Waals surface area contributed by atoms with Gasteiger partial charge in [-0.25, -0.2) is 9.97 Å². The first-order valence-corrected chi connectivity index (χ1v) is 9.26. The number of nitrogens with one attached hydrogen (secondary N) is 2. The zero-order valence-electron chi connectivity index (χ0n) is 14.0. The van der Waals surface area contributed by atoms with Crippen LogP contribution < -0.4 is 11.1 Å². The van der Waals surface area contributed by atoms with E-state index in [0.29, 0.717) is 27.8 Å². The average molecular weight is 368 g/mol. The van der Waals surface area contributed by atoms with Crippen LogP contribution in [0.1, 0.15) is 24.9 Å². The van der Waals surface area contributed by atoms with E-state index < -0.39 is 0 Å². The normalized spacial score (nSPS) is 11.4. The van der Waals surface area contributed by atoms with Crippen LogP contribution in [0.5, 0.6) is 0 Å². The van der Waals surface area contributed by atoms with E-state index in [4.69, 9.17) is 4.42 Å². The predicted octanol–water partition coefficient (Wildman–Crippen LogP) is 3.00. The molecule has 0 aliphatic carbocycles. The molecule has 4 aromatic rings. The molecule has 3 aromatic heterocycles. The molecule has 26 heavy (non-hydrogen) atoms. The first-order valence-electron chi connectivity index (χ1n) is 8.27. The number of fused-ring (bicyclic) bond motifs is 3. The third kappa shape index (κ3) is 3.15. The van der Waals surface area contributed by atoms with E-state index >= 15 is 0 Å². The molecule has 0 saturated heterocycles. The fraction of sp³-hybridized carbons (Fsp3) is 0.222. The number of thioether (sulfide) groups is 1. The lowest BCUT2D eigenvalue weighted by molar-refractivity contribution is 0.660. The molecule has 0 atom stereocenters. The summed E-state index contributed by atoms with van der Waals surface area (Å²) in [7, 11) is 0. The van der Waals surface area contributed by atoms with Crippen molar-refractivity contribution in [3.05, 3.63) is 62.6 Å². The highest BCUT2D eigenvalue weighted by atomic mass is 32.2. The highest BCUT2D eigenvalue weighted by Crippen LogP contribution is 2.25. The van der Waals surface area contributed by atoms with Crippen LogP contribution in [0, 0.1) is 0 Å². The van der Waals surface area contributed by atoms with Crippen molar-refractivity contribution < 1.29 is 4.42 Å². The standard InChI is InChI=1S/C18H16N4O3S/c1-2-5-10-8-14(23)22-18(19-10)26-9-13-20-15-11-6-3-4-7-12(11)25-16(15)17(24)21-13/h3-4,6-8H,2,5,9H2,1H3,(H,19,22,23)(H,20,21,24). The van der Waals surface area contributed by atoms with Crippen LogP contribution in [0.4, 0.5) is 0 Å². The van der Waals surface area contributed by atoms with Crippen LogP contribution in [0.25, 0.3) is 22.1 Å². The zero-order chi connectivity index (χ0) is 18.1. The molecule has 2 N–H and O–H groups in total. The Balaban J connectivity index is 1.67. The molecule has 0 fully saturated rings. The number of furan rings is 1. The fourth-order valence-electron chi connectivity index (χ4n) is 2.79. The van der Waals surface area contributed by atoms with E-state index in [0.717, 1.165) is 23.9 Å². The van der Waals surface area contributed by atoms with Crippen molar-refractivity contribution >= 4 is 33.8 Å². The van der Waals surface area contributed by atoms with Crippen LogP contribution >= 0.6 is 11.8 Å². The third-order valence-electron chi connectivity index (χ3n) is 3.90. The van der Waals surface area contributed by atoms with Crippen molar-refractivity contribution in [1.82, 2.24) is 19.9 Å². The maximum atomic E-state index is 12.3. The van der Waals surface area contributed by atoms with Gasteiger partial charge < -0.3 is 14.4 Å². The second kappa shape index (κ2) is 6.80. The second-order valence-corrected chi connectivity index (χ2v) is 6.83. The Morgan fingerprint density at radius 3 is 2.85 bits per heavy atom. The van der Waals surface area contributed by atoms with Gasteiger partial charge in [0.1, 0.15) is 16.9 Å². The average Bonchev–Trinajstić information content (AvgIpc) is 2.99. The number of para-hydroxylation sites is 1. The Morgan fingerprint density at radius 1 is 1.15 bits per heavy atom. The van der Waals surface area contributed by atoms with Crippen LogP contribution in [0.3, 0.4) is 0 Å². The first kappa shape index (κ1) is 16.6. The van der Waals surface area contributed by atoms with Crippen molar-refractivity contribution in [2.24, 2.45) is 0 Å². The summed E-state index contributed by atoms with van der Waals surface area (Å²) in [6.07, 6.45) is 1.67. The molecule has 0 spiro atoms. The molecule has 0 unspecified atom stereocenters. The van der Waals surface area contributed by atoms with Gasteiger partial charge in [0.2, 0.25) is 5.58 Å². The molecule has 7 nitrogen and oxygen atoms in total. The van der Waals surface area contributed by atoms with Crippen LogP contribution in [-0.2, 0) is 12.2 Å². The van der Waals surface area contributed by atoms with E-state index in [2.05, 4.69) is 19.9 Å². The molecule has 0 aliphatic rings. The van der Waals surface area contributed by atoms with E-state index in [1.807, 2.05) is 25.1 Å². The van der Waals surface area contributed by atoms with E-state index in [9.17, 15) is 9.59 Å². The van der Waals surface area contributed by atoms with Gasteiger partial charge in [0, 0.05) is 17.1 Å². The summed E-state index contributed by atoms with van der Waals surface area (Å²) in [6.45, 7) is 2.04. The Morgan fingerprint density at radius 2 is 2.00 bits per heavy atom. The maximum Gasteiger partial charge on any atom is 0.294 e. The molecule has 8 heteroatoms. The highest BCUT2D eigenvalue weighted by molar-refractivity contribution is 7.98. The summed E-state index contributed by atoms with van der Waals surface area (Å²) in [4.78, 5) is 38.5. The number of hydrogen-bond acceptors (Lipinski definition) is 6. The molecule has 0 saturated carbocycles. The molecule has 0 radical (unpaired) electrons. The van der Waals surface area contributed by atoms with Crippen molar-refractivity contribution in [3.8, 4) is 0 Å². The lowest BCUT2D eigenvalue weighted by Gasteiger charge is -2.03. The minimum atomic E-state index is -0.317. The number of rotatable bonds is 5. The monoisotopic (exact) mass is 368 g/mol. The Labute approximate surface area is 151 Å². The molecule has 0 amide bonds. The Kier molecular flexibility index (Phi) is 4.34. The largest absolute Gasteiger partial charge is 0.449 e. The number of hydrogen-bond donors (Lipinski definition) is 2. The number of aromatic nitrogens is 4. The maximum absolute atomic E-state index is 12.3. The molecular weight excluding hydrogens is 352 g/mol. The number of H-pyrrole nitrogens is 2. The minimum absolute atomic E-state index is 0.177. The first-order chi connectivity index (χ1) is 12.6. The summed E-state index contributed by atoms with van der Waals surface area (Å²) in [5.74, 6) is 0.881. The van der Waals surface area contributed by atoms with Crippen molar-refractivity contribution in [1.29, 1.82) is 0 Å². The highest BCUT2D eigenvalue weighted by Gasteiger charge is 2.13. The van der Waals surface area contributed by atoms with Crippen LogP contribution in [0.2, 0.25) is 0 Å². The van der Waals surface area contributed by atoms with Crippen molar-refractivity contribution in [2.75, 3.05) is 0 Å². The van der Waals surface area contributed by atoms with Gasteiger partial charge in [-0.05, 0) is 18.6 Å². The topological polar surface area (TPSA) is 105 Å². The van der Waals surface area contributed by atoms with E-state index in [1.165, 1.54) is 17.8 Å². The summed E-state index contributed by atoms with van der Waals surface area (Å²) >= 11 is 1.32. The van der Waals surface area contributed by atoms with Gasteiger partial charge >= 0.3 is 0 Å². The molecule has 132 valence electrons. The Bertz CT molecular complexity index is 1210. The summed E-state index contributed by atoms with van der Waals surface area (Å²) < 4.78 is 5.59. The molecular formula is C18H16N4O3S. The molecule has 0 bridgehead atoms. The van der Waals surface area contributed by atoms with Gasteiger partial charge in [-0.15, -0.1) is 0 Å². The van der Waals surface area contributed by atoms with Crippen molar-refractivity contribution in [2.45, 2.75) is 30.7 Å². The van der Waals surface area contributed by atoms with Gasteiger partial charge in [0.25, 0.3) is 11.1 Å². The second-order valence-electron chi connectivity index (χ2n) is 5.87. The summed E-state index contributed by atoms with van der Waals surface area (Å²) in [5, 5.41) is 1.32. The van der Waals surface area contributed by atoms with Gasteiger partial charge in [0.15, 0.2) is 5.16 Å². The predicted molar refractivity (Wildman–Crippen MR) is 101 cm³/mol. The fourth-order valence-corrected chi connectivity index (χ4v) is 3.55. The minimum Gasteiger partial charge on any atom is -0.449 e. The number of benzene rings is 1. The van der Waals surface area contributed by atoms with Crippen molar-refractivity contribution in [3.63, 3.8) is 0 Å². The van der Waals surface area contributed by atoms with Crippen LogP contribution in [-0.4, -0.2) is 19.9 Å². The zero-order valence-corrected chi connectivity index (χ0v) is 14.9. The van der Waals surface area contributed by atoms with Gasteiger partial charge in [-0.3, -0.25) is 9.59 Å². The van der Waals surface area contributed by atoms with E-state index in [1.54, 1.807) is 6.07 Å². The van der Waals surface area contributed by atoms with Gasteiger partial charge in [-0.1, -0.05) is 37.2 Å². The summed E-state index contributed by atoms with van der Waals surface area (Å²) in [5.41, 5.74) is 1.66. The smallest absolute Gasteiger partial charge is 0.294 e. The third-order valence-corrected chi connectivity index (χ3v) is 4.79. The van der Waals surface area contributed by atoms with E-state index in [-0.39, 0.29) is 16.7 Å². The molecule has 1 aromatic carbocycles. The molecule has 3 heterocycles. The Hall–Kier alpha value is -2.87. The van der Waals surface area contributed by atoms with Crippen LogP contribution in [0.15, 0.2) is 49.5 Å². The molecule has 4 rings (SSSR count). The number of aromatic amines is 2. The molecule has 0 aliphatic heterocycles. The lowest BCUT2D eigenvalue weighted by atomic mass is 10.2. The SMILES string of the molecule is CCCc1cc(=O)[nH]c(SCc2nc3c(oc4ccccc43)c(=O)[nH]2)n1. The number of nitrogens with zero attached hydrogens (tertiary/aromatic N) is 2. The lowest BCUT2D eigenvalue weighted by Crippen LogP contribution is -2.12. The van der Waals surface area contributed by atoms with Gasteiger partial charge in [0.05, 0.1) is 5.75 Å². The van der Waals surface area contributed by atoms with Gasteiger partial charge in [-0.2, -0.15) is 0 Å². The quantitative estimate of drug-likeness (QED) is 0.414.